The molecular weight excluding hydrogens is 384 g/mol. The highest BCUT2D eigenvalue weighted by Crippen LogP contribution is 2.51. The quantitative estimate of drug-likeness (QED) is 0.746. The number of nitrogens with zero attached hydrogens (tertiary/aromatic N) is 1. The number of hydrogen-bond acceptors (Lipinski definition) is 2. The first-order valence-electron chi connectivity index (χ1n) is 11.9. The monoisotopic (exact) mass is 416 g/mol. The van der Waals surface area contributed by atoms with Gasteiger partial charge in [-0.05, 0) is 42.9 Å². The minimum Gasteiger partial charge on any atom is -0.353 e. The van der Waals surface area contributed by atoms with Gasteiger partial charge in [-0.3, -0.25) is 9.59 Å². The Morgan fingerprint density at radius 3 is 2.32 bits per heavy atom. The molecule has 0 aromatic heterocycles. The van der Waals surface area contributed by atoms with E-state index in [1.165, 1.54) is 19.3 Å². The predicted molar refractivity (Wildman–Crippen MR) is 122 cm³/mol. The molecule has 0 saturated heterocycles. The average molecular weight is 417 g/mol. The Kier molecular flexibility index (Phi) is 5.56. The summed E-state index contributed by atoms with van der Waals surface area (Å²) in [6.07, 6.45) is 9.70. The zero-order valence-electron chi connectivity index (χ0n) is 18.2. The molecule has 2 aromatic rings. The summed E-state index contributed by atoms with van der Waals surface area (Å²) in [6.45, 7) is 0.557. The Labute approximate surface area is 185 Å². The van der Waals surface area contributed by atoms with Crippen molar-refractivity contribution in [3.05, 3.63) is 71.3 Å². The van der Waals surface area contributed by atoms with Crippen LogP contribution in [0.1, 0.15) is 85.2 Å². The van der Waals surface area contributed by atoms with E-state index in [9.17, 15) is 9.59 Å². The van der Waals surface area contributed by atoms with Gasteiger partial charge < -0.3 is 10.2 Å². The van der Waals surface area contributed by atoms with E-state index in [0.717, 1.165) is 49.7 Å². The third-order valence-corrected chi connectivity index (χ3v) is 7.69. The van der Waals surface area contributed by atoms with E-state index in [-0.39, 0.29) is 23.8 Å². The zero-order valence-corrected chi connectivity index (χ0v) is 18.2. The van der Waals surface area contributed by atoms with E-state index in [2.05, 4.69) is 17.4 Å². The number of benzene rings is 2. The lowest BCUT2D eigenvalue weighted by Gasteiger charge is -2.50. The zero-order chi connectivity index (χ0) is 21.3. The Morgan fingerprint density at radius 2 is 1.58 bits per heavy atom. The Balaban J connectivity index is 1.56. The summed E-state index contributed by atoms with van der Waals surface area (Å²) in [6, 6.07) is 18.3. The second kappa shape index (κ2) is 8.49. The number of fused-ring (bicyclic) bond motifs is 1. The first kappa shape index (κ1) is 20.3. The lowest BCUT2D eigenvalue weighted by molar-refractivity contribution is -0.127. The minimum absolute atomic E-state index is 0.0723. The van der Waals surface area contributed by atoms with Crippen molar-refractivity contribution >= 4 is 11.8 Å². The van der Waals surface area contributed by atoms with Gasteiger partial charge in [0.2, 0.25) is 5.91 Å². The van der Waals surface area contributed by atoms with Crippen molar-refractivity contribution < 1.29 is 9.59 Å². The van der Waals surface area contributed by atoms with Crippen molar-refractivity contribution in [3.63, 3.8) is 0 Å². The number of nitrogens with one attached hydrogen (secondary N) is 1. The molecule has 1 N–H and O–H groups in total. The molecule has 1 aliphatic heterocycles. The van der Waals surface area contributed by atoms with Gasteiger partial charge in [-0.2, -0.15) is 0 Å². The van der Waals surface area contributed by atoms with Crippen LogP contribution in [0.15, 0.2) is 54.6 Å². The van der Waals surface area contributed by atoms with Gasteiger partial charge in [0, 0.05) is 18.2 Å². The molecule has 31 heavy (non-hydrogen) atoms. The minimum atomic E-state index is -0.431. The van der Waals surface area contributed by atoms with E-state index >= 15 is 0 Å². The average Bonchev–Trinajstić information content (AvgIpc) is 3.28. The van der Waals surface area contributed by atoms with Crippen molar-refractivity contribution in [2.45, 2.75) is 81.8 Å². The van der Waals surface area contributed by atoms with Crippen LogP contribution in [0.4, 0.5) is 0 Å². The molecule has 0 radical (unpaired) electrons. The van der Waals surface area contributed by atoms with E-state index in [1.54, 1.807) is 0 Å². The third-order valence-electron chi connectivity index (χ3n) is 7.69. The van der Waals surface area contributed by atoms with Gasteiger partial charge in [0.25, 0.3) is 5.91 Å². The van der Waals surface area contributed by atoms with Gasteiger partial charge in [-0.1, -0.05) is 80.6 Å². The molecule has 1 heterocycles. The van der Waals surface area contributed by atoms with E-state index in [1.807, 2.05) is 47.4 Å². The fraction of sp³-hybridized carbons (Fsp3) is 0.481. The maximum atomic E-state index is 13.8. The Hall–Kier alpha value is -2.62. The highest BCUT2D eigenvalue weighted by Gasteiger charge is 2.55. The van der Waals surface area contributed by atoms with Crippen LogP contribution in [0.2, 0.25) is 0 Å². The lowest BCUT2D eigenvalue weighted by atomic mass is 9.70. The SMILES string of the molecule is O=C(NC1CCCCC1)[C@@H]1c2ccccc2C(=O)N(Cc2ccccc2)C12CCCC2. The van der Waals surface area contributed by atoms with Crippen LogP contribution in [0.25, 0.3) is 0 Å². The number of amides is 2. The van der Waals surface area contributed by atoms with E-state index < -0.39 is 5.54 Å². The van der Waals surface area contributed by atoms with Crippen LogP contribution in [0.3, 0.4) is 0 Å². The number of carbonyl (C=O) groups excluding carboxylic acids is 2. The highest BCUT2D eigenvalue weighted by molar-refractivity contribution is 6.02. The standard InChI is InChI=1S/C27H32N2O2/c30-25(28-21-13-5-2-6-14-21)24-22-15-7-8-16-23(22)26(31)29(27(24)17-9-10-18-27)19-20-11-3-1-4-12-20/h1,3-4,7-8,11-12,15-16,21,24H,2,5-6,9-10,13-14,17-19H2,(H,28,30)/t24-/m0/s1. The largest absolute Gasteiger partial charge is 0.353 e. The van der Waals surface area contributed by atoms with Gasteiger partial charge >= 0.3 is 0 Å². The predicted octanol–water partition coefficient (Wildman–Crippen LogP) is 5.19. The van der Waals surface area contributed by atoms with E-state index in [0.29, 0.717) is 12.1 Å². The fourth-order valence-electron chi connectivity index (χ4n) is 6.19. The lowest BCUT2D eigenvalue weighted by Crippen LogP contribution is -2.60. The molecule has 4 heteroatoms. The molecule has 1 atom stereocenters. The first-order chi connectivity index (χ1) is 15.2. The maximum Gasteiger partial charge on any atom is 0.254 e. The van der Waals surface area contributed by atoms with Gasteiger partial charge in [-0.15, -0.1) is 0 Å². The summed E-state index contributed by atoms with van der Waals surface area (Å²) in [4.78, 5) is 29.6. The molecule has 162 valence electrons. The van der Waals surface area contributed by atoms with Crippen LogP contribution in [-0.2, 0) is 11.3 Å². The molecule has 0 unspecified atom stereocenters. The second-order valence-corrected chi connectivity index (χ2v) is 9.55. The maximum absolute atomic E-state index is 13.8. The summed E-state index contributed by atoms with van der Waals surface area (Å²) in [7, 11) is 0. The molecule has 3 aliphatic rings. The number of rotatable bonds is 4. The summed E-state index contributed by atoms with van der Waals surface area (Å²) >= 11 is 0. The number of carbonyl (C=O) groups is 2. The van der Waals surface area contributed by atoms with Crippen LogP contribution in [-0.4, -0.2) is 28.3 Å². The Bertz CT molecular complexity index is 943. The number of hydrogen-bond donors (Lipinski definition) is 1. The van der Waals surface area contributed by atoms with Gasteiger partial charge in [0.1, 0.15) is 0 Å². The summed E-state index contributed by atoms with van der Waals surface area (Å²) in [5.74, 6) is -0.107. The van der Waals surface area contributed by atoms with Crippen molar-refractivity contribution in [2.24, 2.45) is 0 Å². The van der Waals surface area contributed by atoms with Gasteiger partial charge in [0.15, 0.2) is 0 Å². The van der Waals surface area contributed by atoms with Gasteiger partial charge in [0.05, 0.1) is 11.5 Å². The van der Waals surface area contributed by atoms with E-state index in [4.69, 9.17) is 0 Å². The van der Waals surface area contributed by atoms with Crippen molar-refractivity contribution in [1.82, 2.24) is 10.2 Å². The molecule has 2 aromatic carbocycles. The van der Waals surface area contributed by atoms with Crippen molar-refractivity contribution in [1.29, 1.82) is 0 Å². The summed E-state index contributed by atoms with van der Waals surface area (Å²) in [5, 5.41) is 3.40. The Morgan fingerprint density at radius 1 is 0.903 bits per heavy atom. The molecule has 2 amide bonds. The third kappa shape index (κ3) is 3.66. The molecule has 5 rings (SSSR count). The summed E-state index contributed by atoms with van der Waals surface area (Å²) in [5.41, 5.74) is 2.31. The topological polar surface area (TPSA) is 49.4 Å². The molecule has 2 aliphatic carbocycles. The van der Waals surface area contributed by atoms with Gasteiger partial charge in [-0.25, -0.2) is 0 Å². The van der Waals surface area contributed by atoms with Crippen LogP contribution in [0, 0.1) is 0 Å². The molecule has 1 spiro atoms. The summed E-state index contributed by atoms with van der Waals surface area (Å²) < 4.78 is 0. The second-order valence-electron chi connectivity index (χ2n) is 9.55. The highest BCUT2D eigenvalue weighted by atomic mass is 16.2. The smallest absolute Gasteiger partial charge is 0.254 e. The van der Waals surface area contributed by atoms with Crippen LogP contribution >= 0.6 is 0 Å². The molecule has 4 nitrogen and oxygen atoms in total. The van der Waals surface area contributed by atoms with Crippen molar-refractivity contribution in [3.8, 4) is 0 Å². The molecule has 2 saturated carbocycles. The van der Waals surface area contributed by atoms with Crippen molar-refractivity contribution in [2.75, 3.05) is 0 Å². The molecule has 2 fully saturated rings. The molecular formula is C27H32N2O2. The van der Waals surface area contributed by atoms with Crippen LogP contribution in [0.5, 0.6) is 0 Å². The molecule has 0 bridgehead atoms. The fourth-order valence-corrected chi connectivity index (χ4v) is 6.19. The van der Waals surface area contributed by atoms with Crippen LogP contribution < -0.4 is 5.32 Å². The normalized spacial score (nSPS) is 23.0. The first-order valence-corrected chi connectivity index (χ1v) is 11.9.